The van der Waals surface area contributed by atoms with Gasteiger partial charge in [0.25, 0.3) is 0 Å². The second kappa shape index (κ2) is 9.93. The number of hydrogen-bond donors (Lipinski definition) is 2. The first-order valence-electron chi connectivity index (χ1n) is 5.78. The molecule has 1 amide bonds. The van der Waals surface area contributed by atoms with Gasteiger partial charge in [-0.1, -0.05) is 13.3 Å². The Hall–Kier alpha value is -0.610. The molecule has 0 atom stereocenters. The number of carbonyl (C=O) groups is 1. The lowest BCUT2D eigenvalue weighted by atomic mass is 10.2. The molecule has 0 aliphatic rings. The number of hydrogen-bond acceptors (Lipinski definition) is 3. The van der Waals surface area contributed by atoms with Gasteiger partial charge in [0.1, 0.15) is 0 Å². The highest BCUT2D eigenvalue weighted by atomic mass is 16.3. The van der Waals surface area contributed by atoms with Gasteiger partial charge < -0.3 is 15.3 Å². The normalized spacial score (nSPS) is 10.7. The molecule has 2 N–H and O–H groups in total. The molecule has 0 spiro atoms. The monoisotopic (exact) mass is 216 g/mol. The summed E-state index contributed by atoms with van der Waals surface area (Å²) >= 11 is 0. The minimum atomic E-state index is 0.0921. The summed E-state index contributed by atoms with van der Waals surface area (Å²) in [6, 6.07) is 0. The molecule has 0 rings (SSSR count). The van der Waals surface area contributed by atoms with Crippen molar-refractivity contribution in [2.24, 2.45) is 0 Å². The van der Waals surface area contributed by atoms with Crippen LogP contribution in [0, 0.1) is 0 Å². The van der Waals surface area contributed by atoms with Crippen molar-refractivity contribution in [2.45, 2.75) is 32.6 Å². The molecule has 0 aromatic carbocycles. The van der Waals surface area contributed by atoms with E-state index in [-0.39, 0.29) is 12.5 Å². The molecule has 0 aromatic heterocycles. The third kappa shape index (κ3) is 8.39. The molecular formula is C11H24N2O2. The summed E-state index contributed by atoms with van der Waals surface area (Å²) in [5.41, 5.74) is 0. The highest BCUT2D eigenvalue weighted by molar-refractivity contribution is 5.75. The molecular weight excluding hydrogens is 192 g/mol. The van der Waals surface area contributed by atoms with Crippen LogP contribution in [0.25, 0.3) is 0 Å². The summed E-state index contributed by atoms with van der Waals surface area (Å²) in [5, 5.41) is 11.5. The summed E-state index contributed by atoms with van der Waals surface area (Å²) in [5.74, 6) is 0.0921. The van der Waals surface area contributed by atoms with Gasteiger partial charge in [-0.3, -0.25) is 4.79 Å². The van der Waals surface area contributed by atoms with E-state index in [1.165, 1.54) is 0 Å². The quantitative estimate of drug-likeness (QED) is 0.593. The van der Waals surface area contributed by atoms with Gasteiger partial charge in [-0.05, 0) is 25.9 Å². The Morgan fingerprint density at radius 2 is 1.93 bits per heavy atom. The van der Waals surface area contributed by atoms with E-state index in [1.54, 1.807) is 7.05 Å². The number of carbonyl (C=O) groups excluding carboxylic acids is 1. The Bertz CT molecular complexity index is 163. The fourth-order valence-corrected chi connectivity index (χ4v) is 1.45. The van der Waals surface area contributed by atoms with Gasteiger partial charge >= 0.3 is 0 Å². The average molecular weight is 216 g/mol. The Balaban J connectivity index is 3.60. The van der Waals surface area contributed by atoms with Crippen LogP contribution in [0.1, 0.15) is 32.6 Å². The van der Waals surface area contributed by atoms with Crippen LogP contribution < -0.4 is 5.32 Å². The Kier molecular flexibility index (Phi) is 9.52. The third-order valence-electron chi connectivity index (χ3n) is 2.40. The lowest BCUT2D eigenvalue weighted by Gasteiger charge is -2.20. The molecule has 15 heavy (non-hydrogen) atoms. The van der Waals surface area contributed by atoms with Gasteiger partial charge in [0.15, 0.2) is 0 Å². The first-order valence-corrected chi connectivity index (χ1v) is 5.78. The second-order valence-corrected chi connectivity index (χ2v) is 3.70. The zero-order valence-corrected chi connectivity index (χ0v) is 9.96. The molecule has 0 heterocycles. The van der Waals surface area contributed by atoms with Crippen LogP contribution in [0.4, 0.5) is 0 Å². The van der Waals surface area contributed by atoms with E-state index in [0.29, 0.717) is 13.0 Å². The van der Waals surface area contributed by atoms with E-state index in [1.807, 2.05) is 0 Å². The van der Waals surface area contributed by atoms with Crippen LogP contribution in [0.2, 0.25) is 0 Å². The van der Waals surface area contributed by atoms with Crippen molar-refractivity contribution in [2.75, 3.05) is 33.3 Å². The zero-order chi connectivity index (χ0) is 11.5. The van der Waals surface area contributed by atoms with Gasteiger partial charge in [0.2, 0.25) is 5.91 Å². The Morgan fingerprint density at radius 3 is 2.47 bits per heavy atom. The molecule has 0 saturated heterocycles. The van der Waals surface area contributed by atoms with Crippen molar-refractivity contribution < 1.29 is 9.90 Å². The average Bonchev–Trinajstić information content (AvgIpc) is 2.25. The van der Waals surface area contributed by atoms with Crippen molar-refractivity contribution in [3.05, 3.63) is 0 Å². The SMILES string of the molecule is CCCCN(CCO)CCCC(=O)NC. The van der Waals surface area contributed by atoms with Gasteiger partial charge in [-0.15, -0.1) is 0 Å². The molecule has 90 valence electrons. The minimum Gasteiger partial charge on any atom is -0.395 e. The number of rotatable bonds is 9. The largest absolute Gasteiger partial charge is 0.395 e. The molecule has 0 aliphatic carbocycles. The number of amides is 1. The van der Waals surface area contributed by atoms with Crippen molar-refractivity contribution >= 4 is 5.91 Å². The Morgan fingerprint density at radius 1 is 1.27 bits per heavy atom. The fourth-order valence-electron chi connectivity index (χ4n) is 1.45. The molecule has 0 unspecified atom stereocenters. The molecule has 0 aromatic rings. The summed E-state index contributed by atoms with van der Waals surface area (Å²) in [4.78, 5) is 13.2. The van der Waals surface area contributed by atoms with E-state index in [4.69, 9.17) is 5.11 Å². The molecule has 0 bridgehead atoms. The molecule has 0 saturated carbocycles. The predicted molar refractivity (Wildman–Crippen MR) is 61.7 cm³/mol. The molecule has 4 heteroatoms. The first kappa shape index (κ1) is 14.4. The maximum Gasteiger partial charge on any atom is 0.219 e. The van der Waals surface area contributed by atoms with Gasteiger partial charge in [0.05, 0.1) is 6.61 Å². The van der Waals surface area contributed by atoms with Crippen LogP contribution >= 0.6 is 0 Å². The number of aliphatic hydroxyl groups is 1. The standard InChI is InChI=1S/C11H24N2O2/c1-3-4-7-13(9-10-14)8-5-6-11(15)12-2/h14H,3-10H2,1-2H3,(H,12,15). The number of unbranched alkanes of at least 4 members (excludes halogenated alkanes) is 1. The van der Waals surface area contributed by atoms with E-state index in [9.17, 15) is 4.79 Å². The van der Waals surface area contributed by atoms with E-state index >= 15 is 0 Å². The van der Waals surface area contributed by atoms with Crippen LogP contribution in [0.3, 0.4) is 0 Å². The highest BCUT2D eigenvalue weighted by Crippen LogP contribution is 1.98. The van der Waals surface area contributed by atoms with Crippen LogP contribution in [-0.4, -0.2) is 49.2 Å². The smallest absolute Gasteiger partial charge is 0.219 e. The summed E-state index contributed by atoms with van der Waals surface area (Å²) in [7, 11) is 1.66. The molecule has 4 nitrogen and oxygen atoms in total. The summed E-state index contributed by atoms with van der Waals surface area (Å²) in [6.07, 6.45) is 3.76. The Labute approximate surface area is 92.7 Å². The zero-order valence-electron chi connectivity index (χ0n) is 9.96. The van der Waals surface area contributed by atoms with E-state index < -0.39 is 0 Å². The van der Waals surface area contributed by atoms with Crippen molar-refractivity contribution in [3.8, 4) is 0 Å². The van der Waals surface area contributed by atoms with Gasteiger partial charge in [0, 0.05) is 20.0 Å². The van der Waals surface area contributed by atoms with Gasteiger partial charge in [-0.2, -0.15) is 0 Å². The highest BCUT2D eigenvalue weighted by Gasteiger charge is 2.04. The van der Waals surface area contributed by atoms with Gasteiger partial charge in [-0.25, -0.2) is 0 Å². The van der Waals surface area contributed by atoms with E-state index in [0.717, 1.165) is 32.4 Å². The lowest BCUT2D eigenvalue weighted by molar-refractivity contribution is -0.120. The molecule has 0 aliphatic heterocycles. The molecule has 0 radical (unpaired) electrons. The van der Waals surface area contributed by atoms with Crippen molar-refractivity contribution in [1.82, 2.24) is 10.2 Å². The van der Waals surface area contributed by atoms with Crippen molar-refractivity contribution in [1.29, 1.82) is 0 Å². The third-order valence-corrected chi connectivity index (χ3v) is 2.40. The topological polar surface area (TPSA) is 52.6 Å². The van der Waals surface area contributed by atoms with Crippen LogP contribution in [0.5, 0.6) is 0 Å². The predicted octanol–water partition coefficient (Wildman–Crippen LogP) is 0.607. The maximum atomic E-state index is 11.0. The van der Waals surface area contributed by atoms with E-state index in [2.05, 4.69) is 17.1 Å². The maximum absolute atomic E-state index is 11.0. The number of aliphatic hydroxyl groups excluding tert-OH is 1. The number of nitrogens with zero attached hydrogens (tertiary/aromatic N) is 1. The van der Waals surface area contributed by atoms with Crippen molar-refractivity contribution in [3.63, 3.8) is 0 Å². The number of nitrogens with one attached hydrogen (secondary N) is 1. The first-order chi connectivity index (χ1) is 7.24. The molecule has 0 fully saturated rings. The van der Waals surface area contributed by atoms with Crippen LogP contribution in [0.15, 0.2) is 0 Å². The minimum absolute atomic E-state index is 0.0921. The summed E-state index contributed by atoms with van der Waals surface area (Å²) in [6.45, 7) is 4.98. The lowest BCUT2D eigenvalue weighted by Crippen LogP contribution is -2.30. The summed E-state index contributed by atoms with van der Waals surface area (Å²) < 4.78 is 0. The second-order valence-electron chi connectivity index (χ2n) is 3.70. The fraction of sp³-hybridized carbons (Fsp3) is 0.909. The van der Waals surface area contributed by atoms with Crippen LogP contribution in [-0.2, 0) is 4.79 Å².